The molecule has 0 aliphatic heterocycles. The van der Waals surface area contributed by atoms with Gasteiger partial charge in [-0.05, 0) is 28.1 Å². The number of nitrogens with zero attached hydrogens (tertiary/aromatic N) is 3. The summed E-state index contributed by atoms with van der Waals surface area (Å²) in [5, 5.41) is 12.6. The number of rotatable bonds is 1. The van der Waals surface area contributed by atoms with Crippen molar-refractivity contribution in [3.8, 4) is 0 Å². The van der Waals surface area contributed by atoms with Gasteiger partial charge in [0.25, 0.3) is 0 Å². The van der Waals surface area contributed by atoms with Crippen LogP contribution in [0.4, 0.5) is 0 Å². The highest BCUT2D eigenvalue weighted by Crippen LogP contribution is 2.14. The van der Waals surface area contributed by atoms with Crippen LogP contribution in [0.1, 0.15) is 10.4 Å². The van der Waals surface area contributed by atoms with E-state index in [1.165, 1.54) is 23.0 Å². The summed E-state index contributed by atoms with van der Waals surface area (Å²) in [6.07, 6.45) is 1.37. The molecule has 2 heterocycles. The Morgan fingerprint density at radius 1 is 1.54 bits per heavy atom. The van der Waals surface area contributed by atoms with E-state index in [1.54, 1.807) is 0 Å². The summed E-state index contributed by atoms with van der Waals surface area (Å²) in [5.41, 5.74) is 0.694. The Morgan fingerprint density at radius 2 is 2.31 bits per heavy atom. The molecule has 5 nitrogen and oxygen atoms in total. The van der Waals surface area contributed by atoms with Crippen molar-refractivity contribution < 1.29 is 9.90 Å². The molecule has 2 rings (SSSR count). The van der Waals surface area contributed by atoms with Gasteiger partial charge in [0, 0.05) is 0 Å². The second kappa shape index (κ2) is 2.81. The predicted molar refractivity (Wildman–Crippen MR) is 47.6 cm³/mol. The Bertz CT molecular complexity index is 480. The van der Waals surface area contributed by atoms with Gasteiger partial charge in [-0.15, -0.1) is 0 Å². The summed E-state index contributed by atoms with van der Waals surface area (Å²) in [6, 6.07) is 2.93. The number of hydrogen-bond acceptors (Lipinski definition) is 3. The highest BCUT2D eigenvalue weighted by molar-refractivity contribution is 9.10. The van der Waals surface area contributed by atoms with Crippen molar-refractivity contribution in [2.75, 3.05) is 0 Å². The lowest BCUT2D eigenvalue weighted by atomic mass is 10.3. The smallest absolute Gasteiger partial charge is 0.335 e. The summed E-state index contributed by atoms with van der Waals surface area (Å²) >= 11 is 3.19. The standard InChI is InChI=1S/C7H4BrN3O2/c8-5-1-4(7(12)13)2-6-9-3-10-11(5)6/h1-3H,(H,12,13). The third kappa shape index (κ3) is 1.29. The molecule has 13 heavy (non-hydrogen) atoms. The first kappa shape index (κ1) is 8.18. The minimum absolute atomic E-state index is 0.187. The van der Waals surface area contributed by atoms with Crippen LogP contribution in [0.15, 0.2) is 23.1 Å². The monoisotopic (exact) mass is 241 g/mol. The lowest BCUT2D eigenvalue weighted by Gasteiger charge is -1.97. The number of pyridine rings is 1. The van der Waals surface area contributed by atoms with Gasteiger partial charge in [-0.3, -0.25) is 0 Å². The van der Waals surface area contributed by atoms with Crippen molar-refractivity contribution in [1.82, 2.24) is 14.6 Å². The van der Waals surface area contributed by atoms with Gasteiger partial charge >= 0.3 is 5.97 Å². The SMILES string of the molecule is O=C(O)c1cc(Br)n2ncnc2c1. The van der Waals surface area contributed by atoms with Gasteiger partial charge in [0.05, 0.1) is 5.56 Å². The highest BCUT2D eigenvalue weighted by atomic mass is 79.9. The summed E-state index contributed by atoms with van der Waals surface area (Å²) in [5.74, 6) is -0.980. The molecule has 0 aliphatic carbocycles. The number of fused-ring (bicyclic) bond motifs is 1. The van der Waals surface area contributed by atoms with Gasteiger partial charge in [0.2, 0.25) is 0 Å². The Kier molecular flexibility index (Phi) is 1.77. The minimum Gasteiger partial charge on any atom is -0.478 e. The van der Waals surface area contributed by atoms with E-state index < -0.39 is 5.97 Å². The normalized spacial score (nSPS) is 10.5. The lowest BCUT2D eigenvalue weighted by Crippen LogP contribution is -1.99. The number of carboxylic acids is 1. The Balaban J connectivity index is 2.77. The van der Waals surface area contributed by atoms with Crippen molar-refractivity contribution >= 4 is 27.5 Å². The zero-order valence-electron chi connectivity index (χ0n) is 6.31. The van der Waals surface area contributed by atoms with E-state index in [-0.39, 0.29) is 5.56 Å². The van der Waals surface area contributed by atoms with Gasteiger partial charge in [-0.1, -0.05) is 0 Å². The molecule has 2 aromatic heterocycles. The van der Waals surface area contributed by atoms with Crippen LogP contribution in [-0.2, 0) is 0 Å². The van der Waals surface area contributed by atoms with E-state index in [9.17, 15) is 4.79 Å². The molecule has 0 saturated heterocycles. The fourth-order valence-electron chi connectivity index (χ4n) is 1.01. The van der Waals surface area contributed by atoms with Crippen molar-refractivity contribution in [2.45, 2.75) is 0 Å². The molecular formula is C7H4BrN3O2. The fraction of sp³-hybridized carbons (Fsp3) is 0. The van der Waals surface area contributed by atoms with Gasteiger partial charge < -0.3 is 5.11 Å². The summed E-state index contributed by atoms with van der Waals surface area (Å²) in [6.45, 7) is 0. The molecule has 0 radical (unpaired) electrons. The fourth-order valence-corrected chi connectivity index (χ4v) is 1.53. The number of aromatic nitrogens is 3. The number of carbonyl (C=O) groups is 1. The lowest BCUT2D eigenvalue weighted by molar-refractivity contribution is 0.0696. The maximum atomic E-state index is 10.6. The molecule has 6 heteroatoms. The van der Waals surface area contributed by atoms with Crippen molar-refractivity contribution in [3.63, 3.8) is 0 Å². The molecule has 66 valence electrons. The topological polar surface area (TPSA) is 67.5 Å². The number of halogens is 1. The van der Waals surface area contributed by atoms with Crippen LogP contribution in [0.3, 0.4) is 0 Å². The molecule has 0 unspecified atom stereocenters. The molecule has 0 spiro atoms. The highest BCUT2D eigenvalue weighted by Gasteiger charge is 2.08. The maximum Gasteiger partial charge on any atom is 0.335 e. The van der Waals surface area contributed by atoms with E-state index in [0.29, 0.717) is 10.3 Å². The average molecular weight is 242 g/mol. The van der Waals surface area contributed by atoms with E-state index >= 15 is 0 Å². The van der Waals surface area contributed by atoms with E-state index in [1.807, 2.05) is 0 Å². The Hall–Kier alpha value is -1.43. The molecule has 0 amide bonds. The summed E-state index contributed by atoms with van der Waals surface area (Å²) in [7, 11) is 0. The minimum atomic E-state index is -0.980. The second-order valence-corrected chi connectivity index (χ2v) is 3.21. The summed E-state index contributed by atoms with van der Waals surface area (Å²) < 4.78 is 2.08. The molecule has 2 aromatic rings. The van der Waals surface area contributed by atoms with Crippen LogP contribution in [0.2, 0.25) is 0 Å². The number of aromatic carboxylic acids is 1. The van der Waals surface area contributed by atoms with Crippen molar-refractivity contribution in [3.05, 3.63) is 28.6 Å². The third-order valence-electron chi connectivity index (χ3n) is 1.58. The molecule has 0 bridgehead atoms. The Labute approximate surface area is 81.1 Å². The zero-order chi connectivity index (χ0) is 9.42. The molecule has 0 atom stereocenters. The predicted octanol–water partition coefficient (Wildman–Crippen LogP) is 1.19. The van der Waals surface area contributed by atoms with Crippen LogP contribution in [0.25, 0.3) is 5.65 Å². The zero-order valence-corrected chi connectivity index (χ0v) is 7.89. The van der Waals surface area contributed by atoms with Crippen LogP contribution < -0.4 is 0 Å². The third-order valence-corrected chi connectivity index (χ3v) is 2.15. The van der Waals surface area contributed by atoms with Crippen LogP contribution >= 0.6 is 15.9 Å². The van der Waals surface area contributed by atoms with E-state index in [4.69, 9.17) is 5.11 Å². The van der Waals surface area contributed by atoms with Crippen LogP contribution in [0.5, 0.6) is 0 Å². The molecule has 0 fully saturated rings. The van der Waals surface area contributed by atoms with Gasteiger partial charge in [0.15, 0.2) is 5.65 Å². The summed E-state index contributed by atoms with van der Waals surface area (Å²) in [4.78, 5) is 14.5. The first-order valence-corrected chi connectivity index (χ1v) is 4.20. The number of carboxylic acid groups (broad SMARTS) is 1. The number of hydrogen-bond donors (Lipinski definition) is 1. The first-order chi connectivity index (χ1) is 6.18. The molecule has 1 N–H and O–H groups in total. The van der Waals surface area contributed by atoms with Crippen LogP contribution in [0, 0.1) is 0 Å². The molecular weight excluding hydrogens is 238 g/mol. The van der Waals surface area contributed by atoms with E-state index in [2.05, 4.69) is 26.0 Å². The second-order valence-electron chi connectivity index (χ2n) is 2.40. The van der Waals surface area contributed by atoms with Gasteiger partial charge in [-0.25, -0.2) is 14.3 Å². The average Bonchev–Trinajstić information content (AvgIpc) is 2.51. The van der Waals surface area contributed by atoms with Gasteiger partial charge in [0.1, 0.15) is 10.9 Å². The first-order valence-electron chi connectivity index (χ1n) is 3.41. The van der Waals surface area contributed by atoms with E-state index in [0.717, 1.165) is 0 Å². The van der Waals surface area contributed by atoms with Crippen molar-refractivity contribution in [1.29, 1.82) is 0 Å². The van der Waals surface area contributed by atoms with Crippen molar-refractivity contribution in [2.24, 2.45) is 0 Å². The van der Waals surface area contributed by atoms with Gasteiger partial charge in [-0.2, -0.15) is 5.10 Å². The van der Waals surface area contributed by atoms with Crippen LogP contribution in [-0.4, -0.2) is 25.7 Å². The maximum absolute atomic E-state index is 10.6. The quantitative estimate of drug-likeness (QED) is 0.762. The largest absolute Gasteiger partial charge is 0.478 e. The molecule has 0 saturated carbocycles. The molecule has 0 aliphatic rings. The molecule has 0 aromatic carbocycles. The Morgan fingerprint density at radius 3 is 3.00 bits per heavy atom.